The number of carbonyl (C=O) groups is 1. The van der Waals surface area contributed by atoms with Gasteiger partial charge in [-0.2, -0.15) is 0 Å². The molecule has 1 amide bonds. The quantitative estimate of drug-likeness (QED) is 0.476. The van der Waals surface area contributed by atoms with Gasteiger partial charge in [0.15, 0.2) is 0 Å². The van der Waals surface area contributed by atoms with Crippen LogP contribution in [0.4, 0.5) is 5.69 Å². The summed E-state index contributed by atoms with van der Waals surface area (Å²) in [5, 5.41) is 2.82. The van der Waals surface area contributed by atoms with E-state index in [1.807, 2.05) is 30.3 Å². The van der Waals surface area contributed by atoms with E-state index >= 15 is 0 Å². The minimum Gasteiger partial charge on any atom is -0.324 e. The second-order valence-electron chi connectivity index (χ2n) is 2.32. The average Bonchev–Trinajstić information content (AvgIpc) is 2.04. The van der Waals surface area contributed by atoms with E-state index in [9.17, 15) is 4.79 Å². The summed E-state index contributed by atoms with van der Waals surface area (Å²) < 4.78 is -0.427. The number of carbonyl (C=O) groups excluding carboxylic acids is 1. The van der Waals surface area contributed by atoms with Crippen molar-refractivity contribution in [2.45, 2.75) is -0.565 Å². The molecule has 0 aromatic heterocycles. The van der Waals surface area contributed by atoms with Crippen molar-refractivity contribution >= 4 is 79.4 Å². The highest BCUT2D eigenvalue weighted by Gasteiger charge is 2.27. The van der Waals surface area contributed by atoms with Crippen molar-refractivity contribution in [2.75, 3.05) is 5.32 Å². The fraction of sp³-hybridized carbons (Fsp3) is 0.125. The summed E-state index contributed by atoms with van der Waals surface area (Å²) in [6.45, 7) is 0. The highest BCUT2D eigenvalue weighted by molar-refractivity contribution is 14.3. The molecule has 70 valence electrons. The van der Waals surface area contributed by atoms with Crippen LogP contribution in [0.25, 0.3) is 0 Å². The van der Waals surface area contributed by atoms with Gasteiger partial charge < -0.3 is 5.32 Å². The van der Waals surface area contributed by atoms with Crippen LogP contribution in [-0.4, -0.2) is 5.34 Å². The summed E-state index contributed by atoms with van der Waals surface area (Å²) in [4.78, 5) is 11.5. The van der Waals surface area contributed by atoms with Gasteiger partial charge in [0.25, 0.3) is 5.91 Å². The zero-order valence-electron chi connectivity index (χ0n) is 6.43. The number of nitrogens with one attached hydrogen (secondary N) is 1. The van der Waals surface area contributed by atoms with Crippen molar-refractivity contribution in [1.29, 1.82) is 0 Å². The summed E-state index contributed by atoms with van der Waals surface area (Å²) in [6, 6.07) is 9.44. The van der Waals surface area contributed by atoms with Crippen molar-refractivity contribution in [3.63, 3.8) is 0 Å². The molecule has 1 aromatic rings. The normalized spacial score (nSPS) is 11.0. The van der Waals surface area contributed by atoms with Gasteiger partial charge in [-0.1, -0.05) is 18.2 Å². The molecule has 0 spiro atoms. The second kappa shape index (κ2) is 5.10. The molecule has 0 heterocycles. The maximum absolute atomic E-state index is 11.5. The molecule has 0 saturated carbocycles. The predicted octanol–water partition coefficient (Wildman–Crippen LogP) is 3.58. The van der Waals surface area contributed by atoms with E-state index < -0.39 is -0.565 Å². The van der Waals surface area contributed by atoms with Crippen LogP contribution in [0.15, 0.2) is 30.3 Å². The molecular weight excluding hydrogens is 507 g/mol. The number of amides is 1. The summed E-state index contributed by atoms with van der Waals surface area (Å²) in [5.41, 5.74) is 0.835. The lowest BCUT2D eigenvalue weighted by Gasteiger charge is -2.12. The number of halogens is 3. The zero-order chi connectivity index (χ0) is 9.90. The summed E-state index contributed by atoms with van der Waals surface area (Å²) in [7, 11) is 0. The van der Waals surface area contributed by atoms with Crippen LogP contribution in [0.5, 0.6) is 0 Å². The van der Waals surface area contributed by atoms with E-state index in [1.54, 1.807) is 0 Å². The standard InChI is InChI=1S/C8H6I3NO/c9-8(10,11)7(13)12-6-4-2-1-3-5-6/h1-5H,(H,12,13). The van der Waals surface area contributed by atoms with Crippen LogP contribution >= 0.6 is 67.8 Å². The van der Waals surface area contributed by atoms with Crippen molar-refractivity contribution in [1.82, 2.24) is 0 Å². The van der Waals surface area contributed by atoms with E-state index in [2.05, 4.69) is 73.1 Å². The second-order valence-corrected chi connectivity index (χ2v) is 13.4. The van der Waals surface area contributed by atoms with Gasteiger partial charge in [0.1, 0.15) is 0 Å². The van der Waals surface area contributed by atoms with Crippen molar-refractivity contribution in [2.24, 2.45) is 0 Å². The summed E-state index contributed by atoms with van der Waals surface area (Å²) in [6.07, 6.45) is 0. The molecule has 2 nitrogen and oxygen atoms in total. The highest BCUT2D eigenvalue weighted by atomic mass is 127. The van der Waals surface area contributed by atoms with Gasteiger partial charge in [-0.25, -0.2) is 0 Å². The van der Waals surface area contributed by atoms with Crippen LogP contribution in [0.3, 0.4) is 0 Å². The molecule has 0 aliphatic carbocycles. The molecule has 0 saturated heterocycles. The first-order valence-electron chi connectivity index (χ1n) is 3.43. The first kappa shape index (κ1) is 12.0. The van der Waals surface area contributed by atoms with Gasteiger partial charge in [0.05, 0.1) is 0 Å². The number of rotatable bonds is 2. The van der Waals surface area contributed by atoms with E-state index in [-0.39, 0.29) is 5.91 Å². The Hall–Kier alpha value is 0.880. The number of para-hydroxylation sites is 1. The molecule has 1 N–H and O–H groups in total. The molecule has 5 heteroatoms. The van der Waals surface area contributed by atoms with Gasteiger partial charge in [-0.15, -0.1) is 0 Å². The maximum Gasteiger partial charge on any atom is 0.260 e. The minimum atomic E-state index is -0.427. The van der Waals surface area contributed by atoms with E-state index in [0.29, 0.717) is 0 Å². The molecule has 0 atom stereocenters. The Kier molecular flexibility index (Phi) is 4.69. The van der Waals surface area contributed by atoms with Crippen LogP contribution in [0, 0.1) is 0 Å². The molecule has 13 heavy (non-hydrogen) atoms. The smallest absolute Gasteiger partial charge is 0.260 e. The first-order valence-corrected chi connectivity index (χ1v) is 6.67. The Morgan fingerprint density at radius 3 is 2.15 bits per heavy atom. The number of benzene rings is 1. The molecule has 0 aliphatic heterocycles. The van der Waals surface area contributed by atoms with Crippen LogP contribution in [0.1, 0.15) is 0 Å². The Morgan fingerprint density at radius 1 is 1.15 bits per heavy atom. The lowest BCUT2D eigenvalue weighted by molar-refractivity contribution is -0.114. The van der Waals surface area contributed by atoms with Crippen LogP contribution < -0.4 is 5.32 Å². The maximum atomic E-state index is 11.5. The first-order chi connectivity index (χ1) is 6.00. The average molecular weight is 513 g/mol. The molecule has 0 radical (unpaired) electrons. The third-order valence-electron chi connectivity index (χ3n) is 1.29. The third-order valence-corrected chi connectivity index (χ3v) is 2.76. The Morgan fingerprint density at radius 2 is 1.69 bits per heavy atom. The van der Waals surface area contributed by atoms with Crippen molar-refractivity contribution in [3.8, 4) is 0 Å². The molecule has 1 aromatic carbocycles. The summed E-state index contributed by atoms with van der Waals surface area (Å²) in [5.74, 6) is 0.000463. The topological polar surface area (TPSA) is 29.1 Å². The lowest BCUT2D eigenvalue weighted by atomic mass is 10.3. The Bertz CT molecular complexity index is 294. The lowest BCUT2D eigenvalue weighted by Crippen LogP contribution is -2.25. The predicted molar refractivity (Wildman–Crippen MR) is 79.9 cm³/mol. The van der Waals surface area contributed by atoms with Gasteiger partial charge in [0.2, 0.25) is -0.565 Å². The number of anilines is 1. The number of hydrogen-bond acceptors (Lipinski definition) is 1. The monoisotopic (exact) mass is 513 g/mol. The third kappa shape index (κ3) is 4.28. The minimum absolute atomic E-state index is 0.000463. The fourth-order valence-corrected chi connectivity index (χ4v) is 1.13. The molecule has 0 fully saturated rings. The van der Waals surface area contributed by atoms with Crippen LogP contribution in [0.2, 0.25) is 0 Å². The van der Waals surface area contributed by atoms with Gasteiger partial charge in [-0.3, -0.25) is 4.79 Å². The number of alkyl halides is 3. The molecule has 0 aliphatic rings. The fourth-order valence-electron chi connectivity index (χ4n) is 0.723. The summed E-state index contributed by atoms with van der Waals surface area (Å²) >= 11 is 6.27. The number of hydrogen-bond donors (Lipinski definition) is 1. The van der Waals surface area contributed by atoms with E-state index in [1.165, 1.54) is 0 Å². The Balaban J connectivity index is 2.66. The molecule has 0 unspecified atom stereocenters. The van der Waals surface area contributed by atoms with Crippen LogP contribution in [-0.2, 0) is 4.79 Å². The largest absolute Gasteiger partial charge is 0.324 e. The zero-order valence-corrected chi connectivity index (χ0v) is 12.9. The van der Waals surface area contributed by atoms with Gasteiger partial charge in [-0.05, 0) is 79.9 Å². The Labute approximate surface area is 118 Å². The van der Waals surface area contributed by atoms with Crippen molar-refractivity contribution in [3.05, 3.63) is 30.3 Å². The SMILES string of the molecule is O=C(Nc1ccccc1)C(I)(I)I. The molecule has 1 rings (SSSR count). The van der Waals surface area contributed by atoms with E-state index in [0.717, 1.165) is 5.69 Å². The van der Waals surface area contributed by atoms with Gasteiger partial charge >= 0.3 is 0 Å². The molecular formula is C8H6I3NO. The highest BCUT2D eigenvalue weighted by Crippen LogP contribution is 2.36. The van der Waals surface area contributed by atoms with Gasteiger partial charge in [0, 0.05) is 5.69 Å². The van der Waals surface area contributed by atoms with Crippen molar-refractivity contribution < 1.29 is 4.79 Å². The molecule has 0 bridgehead atoms. The van der Waals surface area contributed by atoms with E-state index in [4.69, 9.17) is 0 Å².